The van der Waals surface area contributed by atoms with E-state index in [9.17, 15) is 9.90 Å². The summed E-state index contributed by atoms with van der Waals surface area (Å²) in [6.45, 7) is 3.10. The van der Waals surface area contributed by atoms with Gasteiger partial charge in [0.05, 0.1) is 18.8 Å². The molecule has 27 heavy (non-hydrogen) atoms. The molecule has 1 aliphatic carbocycles. The van der Waals surface area contributed by atoms with Gasteiger partial charge in [-0.3, -0.25) is 10.00 Å². The molecule has 0 radical (unpaired) electrons. The lowest BCUT2D eigenvalue weighted by Crippen LogP contribution is -2.46. The molecule has 2 aromatic rings. The van der Waals surface area contributed by atoms with Crippen molar-refractivity contribution in [3.63, 3.8) is 0 Å². The quantitative estimate of drug-likeness (QED) is 0.779. The van der Waals surface area contributed by atoms with Crippen molar-refractivity contribution in [2.45, 2.75) is 64.1 Å². The summed E-state index contributed by atoms with van der Waals surface area (Å²) < 4.78 is 1.72. The van der Waals surface area contributed by atoms with E-state index in [1.807, 2.05) is 30.3 Å². The number of anilines is 1. The Hall–Kier alpha value is -2.41. The average molecular weight is 371 g/mol. The molecule has 2 N–H and O–H groups in total. The first-order chi connectivity index (χ1) is 13.2. The number of hydrogen-bond donors (Lipinski definition) is 2. The molecule has 1 atom stereocenters. The van der Waals surface area contributed by atoms with E-state index < -0.39 is 6.10 Å². The van der Waals surface area contributed by atoms with Crippen LogP contribution in [-0.2, 0) is 6.54 Å². The van der Waals surface area contributed by atoms with E-state index in [-0.39, 0.29) is 18.6 Å². The summed E-state index contributed by atoms with van der Waals surface area (Å²) in [6.07, 6.45) is 7.36. The minimum absolute atomic E-state index is 0.141. The summed E-state index contributed by atoms with van der Waals surface area (Å²) in [4.78, 5) is 14.7. The van der Waals surface area contributed by atoms with E-state index >= 15 is 0 Å². The summed E-state index contributed by atoms with van der Waals surface area (Å²) in [7, 11) is 0. The number of nitrogens with zero attached hydrogens (tertiary/aromatic N) is 4. The number of aliphatic hydroxyl groups is 1. The first-order valence-electron chi connectivity index (χ1n) is 9.88. The van der Waals surface area contributed by atoms with E-state index in [1.165, 1.54) is 6.42 Å². The van der Waals surface area contributed by atoms with Crippen LogP contribution < -0.4 is 5.32 Å². The zero-order chi connectivity index (χ0) is 19.1. The number of rotatable bonds is 7. The van der Waals surface area contributed by atoms with Crippen LogP contribution in [0.3, 0.4) is 0 Å². The van der Waals surface area contributed by atoms with E-state index in [0.717, 1.165) is 44.2 Å². The lowest BCUT2D eigenvalue weighted by atomic mass is 9.94. The Kier molecular flexibility index (Phi) is 6.81. The Morgan fingerprint density at radius 2 is 2.04 bits per heavy atom. The Morgan fingerprint density at radius 3 is 2.74 bits per heavy atom. The number of aryl methyl sites for hydroxylation is 1. The van der Waals surface area contributed by atoms with E-state index in [0.29, 0.717) is 5.82 Å². The van der Waals surface area contributed by atoms with Crippen molar-refractivity contribution in [3.05, 3.63) is 42.1 Å². The average Bonchev–Trinajstić information content (AvgIpc) is 3.14. The number of aliphatic hydroxyl groups excluding tert-OH is 1. The van der Waals surface area contributed by atoms with Crippen LogP contribution in [0.2, 0.25) is 0 Å². The van der Waals surface area contributed by atoms with Gasteiger partial charge in [0, 0.05) is 12.6 Å². The third kappa shape index (κ3) is 5.29. The van der Waals surface area contributed by atoms with E-state index in [4.69, 9.17) is 0 Å². The highest BCUT2D eigenvalue weighted by Gasteiger charge is 2.28. The Balaban J connectivity index is 1.70. The maximum absolute atomic E-state index is 13.0. The fourth-order valence-corrected chi connectivity index (χ4v) is 3.63. The number of urea groups is 1. The molecule has 1 aromatic carbocycles. The number of hydrogen-bond acceptors (Lipinski definition) is 4. The van der Waals surface area contributed by atoms with Crippen LogP contribution in [0.15, 0.2) is 36.5 Å². The largest absolute Gasteiger partial charge is 0.387 e. The highest BCUT2D eigenvalue weighted by Crippen LogP contribution is 2.25. The lowest BCUT2D eigenvalue weighted by Gasteiger charge is -2.35. The van der Waals surface area contributed by atoms with Crippen LogP contribution in [0.1, 0.15) is 57.1 Å². The van der Waals surface area contributed by atoms with Gasteiger partial charge in [0.2, 0.25) is 0 Å². The first kappa shape index (κ1) is 19.4. The van der Waals surface area contributed by atoms with Crippen LogP contribution >= 0.6 is 0 Å². The topological polar surface area (TPSA) is 83.3 Å². The fraction of sp³-hybridized carbons (Fsp3) is 0.550. The fourth-order valence-electron chi connectivity index (χ4n) is 3.63. The predicted octanol–water partition coefficient (Wildman–Crippen LogP) is 3.59. The predicted molar refractivity (Wildman–Crippen MR) is 104 cm³/mol. The second-order valence-electron chi connectivity index (χ2n) is 7.17. The molecule has 1 aromatic heterocycles. The van der Waals surface area contributed by atoms with Crippen molar-refractivity contribution < 1.29 is 9.90 Å². The highest BCUT2D eigenvalue weighted by molar-refractivity contribution is 5.88. The van der Waals surface area contributed by atoms with Crippen molar-refractivity contribution in [1.29, 1.82) is 0 Å². The first-order valence-corrected chi connectivity index (χ1v) is 9.88. The summed E-state index contributed by atoms with van der Waals surface area (Å²) >= 11 is 0. The van der Waals surface area contributed by atoms with Crippen molar-refractivity contribution in [1.82, 2.24) is 19.9 Å². The lowest BCUT2D eigenvalue weighted by molar-refractivity contribution is 0.0956. The normalized spacial score (nSPS) is 16.1. The molecule has 0 saturated heterocycles. The molecule has 3 rings (SSSR count). The van der Waals surface area contributed by atoms with Gasteiger partial charge in [-0.15, -0.1) is 5.10 Å². The minimum atomic E-state index is -0.713. The molecule has 1 heterocycles. The smallest absolute Gasteiger partial charge is 0.323 e. The molecular weight excluding hydrogens is 342 g/mol. The summed E-state index contributed by atoms with van der Waals surface area (Å²) in [5, 5.41) is 21.6. The second-order valence-corrected chi connectivity index (χ2v) is 7.17. The summed E-state index contributed by atoms with van der Waals surface area (Å²) in [5.41, 5.74) is 0.819. The molecule has 2 amide bonds. The third-order valence-electron chi connectivity index (χ3n) is 5.06. The molecule has 146 valence electrons. The van der Waals surface area contributed by atoms with Crippen LogP contribution in [0.4, 0.5) is 10.6 Å². The van der Waals surface area contributed by atoms with Crippen LogP contribution in [0.25, 0.3) is 0 Å². The van der Waals surface area contributed by atoms with Crippen LogP contribution in [0.5, 0.6) is 0 Å². The van der Waals surface area contributed by atoms with Gasteiger partial charge < -0.3 is 10.0 Å². The van der Waals surface area contributed by atoms with Crippen molar-refractivity contribution >= 4 is 11.8 Å². The monoisotopic (exact) mass is 371 g/mol. The maximum atomic E-state index is 13.0. The van der Waals surface area contributed by atoms with Gasteiger partial charge in [-0.1, -0.05) is 61.7 Å². The second kappa shape index (κ2) is 9.50. The van der Waals surface area contributed by atoms with Gasteiger partial charge >= 0.3 is 6.03 Å². The van der Waals surface area contributed by atoms with E-state index in [2.05, 4.69) is 22.6 Å². The number of nitrogens with one attached hydrogen (secondary N) is 1. The number of carbonyl (C=O) groups excluding carboxylic acids is 1. The van der Waals surface area contributed by atoms with Gasteiger partial charge in [0.15, 0.2) is 5.82 Å². The zero-order valence-corrected chi connectivity index (χ0v) is 15.9. The molecule has 1 fully saturated rings. The van der Waals surface area contributed by atoms with Crippen molar-refractivity contribution in [2.75, 3.05) is 11.9 Å². The van der Waals surface area contributed by atoms with Crippen LogP contribution in [-0.4, -0.2) is 43.6 Å². The van der Waals surface area contributed by atoms with Gasteiger partial charge in [-0.25, -0.2) is 4.79 Å². The standard InChI is InChI=1S/C20H29N5O2/c1-2-13-24-15-19(22-23-24)21-20(27)25(17-11-7-4-8-12-17)14-18(26)16-9-5-3-6-10-16/h3,5-6,9-10,15,17-18,26H,2,4,7-8,11-14H2,1H3,(H,21,27)/t18-/m1/s1. The molecular formula is C20H29N5O2. The third-order valence-corrected chi connectivity index (χ3v) is 5.06. The summed E-state index contributed by atoms with van der Waals surface area (Å²) in [6, 6.07) is 9.41. The van der Waals surface area contributed by atoms with Gasteiger partial charge in [0.1, 0.15) is 0 Å². The Labute approximate surface area is 160 Å². The van der Waals surface area contributed by atoms with Crippen LogP contribution in [0, 0.1) is 0 Å². The van der Waals surface area contributed by atoms with E-state index in [1.54, 1.807) is 15.8 Å². The molecule has 1 saturated carbocycles. The molecule has 0 spiro atoms. The summed E-state index contributed by atoms with van der Waals surface area (Å²) in [5.74, 6) is 0.448. The SMILES string of the molecule is CCCn1cc(NC(=O)N(C[C@@H](O)c2ccccc2)C2CCCCC2)nn1. The molecule has 0 aliphatic heterocycles. The Morgan fingerprint density at radius 1 is 1.30 bits per heavy atom. The minimum Gasteiger partial charge on any atom is -0.387 e. The van der Waals surface area contributed by atoms with Crippen molar-refractivity contribution in [2.24, 2.45) is 0 Å². The molecule has 0 bridgehead atoms. The molecule has 7 heteroatoms. The molecule has 7 nitrogen and oxygen atoms in total. The number of benzene rings is 1. The van der Waals surface area contributed by atoms with Gasteiger partial charge in [0.25, 0.3) is 0 Å². The molecule has 0 unspecified atom stereocenters. The van der Waals surface area contributed by atoms with Gasteiger partial charge in [-0.05, 0) is 24.8 Å². The Bertz CT molecular complexity index is 712. The highest BCUT2D eigenvalue weighted by atomic mass is 16.3. The number of carbonyl (C=O) groups is 1. The maximum Gasteiger partial charge on any atom is 0.323 e. The van der Waals surface area contributed by atoms with Gasteiger partial charge in [-0.2, -0.15) is 0 Å². The molecule has 1 aliphatic rings. The zero-order valence-electron chi connectivity index (χ0n) is 15.9. The number of aromatic nitrogens is 3. The number of amides is 2. The van der Waals surface area contributed by atoms with Crippen molar-refractivity contribution in [3.8, 4) is 0 Å².